The van der Waals surface area contributed by atoms with Gasteiger partial charge in [0.25, 0.3) is 6.43 Å². The van der Waals surface area contributed by atoms with Crippen LogP contribution in [0.5, 0.6) is 0 Å². The Morgan fingerprint density at radius 1 is 1.26 bits per heavy atom. The van der Waals surface area contributed by atoms with Gasteiger partial charge in [0.2, 0.25) is 10.0 Å². The third kappa shape index (κ3) is 4.94. The van der Waals surface area contributed by atoms with Gasteiger partial charge in [0, 0.05) is 25.7 Å². The second-order valence-corrected chi connectivity index (χ2v) is 9.16. The van der Waals surface area contributed by atoms with Gasteiger partial charge in [0.1, 0.15) is 23.5 Å². The summed E-state index contributed by atoms with van der Waals surface area (Å²) >= 11 is 0. The molecule has 0 saturated carbocycles. The Kier molecular flexibility index (Phi) is 5.81. The molecular formula is C18H21F2N7O3S. The number of morpholine rings is 1. The molecule has 3 aromatic rings. The molecule has 0 aromatic carbocycles. The van der Waals surface area contributed by atoms with Crippen molar-refractivity contribution in [2.24, 2.45) is 0 Å². The number of alkyl halides is 2. The van der Waals surface area contributed by atoms with Gasteiger partial charge in [-0.3, -0.25) is 0 Å². The Labute approximate surface area is 177 Å². The van der Waals surface area contributed by atoms with Crippen molar-refractivity contribution in [2.75, 3.05) is 30.8 Å². The zero-order valence-electron chi connectivity index (χ0n) is 16.8. The Morgan fingerprint density at radius 2 is 2.06 bits per heavy atom. The summed E-state index contributed by atoms with van der Waals surface area (Å²) in [5.41, 5.74) is 0.995. The predicted molar refractivity (Wildman–Crippen MR) is 108 cm³/mol. The molecule has 0 unspecified atom stereocenters. The molecule has 4 heterocycles. The number of nitrogens with one attached hydrogen (secondary N) is 1. The molecule has 2 atom stereocenters. The first kappa shape index (κ1) is 21.5. The smallest absolute Gasteiger partial charge is 0.282 e. The first-order valence-electron chi connectivity index (χ1n) is 9.50. The van der Waals surface area contributed by atoms with E-state index >= 15 is 0 Å². The van der Waals surface area contributed by atoms with Gasteiger partial charge < -0.3 is 9.64 Å². The minimum Gasteiger partial charge on any atom is -0.370 e. The fraction of sp³-hybridized carbons (Fsp3) is 0.444. The third-order valence-electron chi connectivity index (χ3n) is 4.75. The minimum atomic E-state index is -3.33. The number of aromatic nitrogens is 5. The molecule has 1 N–H and O–H groups in total. The second-order valence-electron chi connectivity index (χ2n) is 7.33. The van der Waals surface area contributed by atoms with Crippen LogP contribution in [0.25, 0.3) is 17.0 Å². The van der Waals surface area contributed by atoms with Crippen LogP contribution in [0.2, 0.25) is 0 Å². The molecule has 31 heavy (non-hydrogen) atoms. The topological polar surface area (TPSA) is 115 Å². The first-order chi connectivity index (χ1) is 14.7. The summed E-state index contributed by atoms with van der Waals surface area (Å²) in [5, 5.41) is 3.97. The number of nitrogens with zero attached hydrogens (tertiary/aromatic N) is 6. The van der Waals surface area contributed by atoms with Crippen LogP contribution in [0, 0.1) is 0 Å². The number of hydrogen-bond acceptors (Lipinski definition) is 8. The summed E-state index contributed by atoms with van der Waals surface area (Å²) in [6.45, 7) is 3.00. The van der Waals surface area contributed by atoms with Crippen molar-refractivity contribution in [3.63, 3.8) is 0 Å². The van der Waals surface area contributed by atoms with Gasteiger partial charge in [0.15, 0.2) is 5.65 Å². The van der Waals surface area contributed by atoms with E-state index in [-0.39, 0.29) is 24.4 Å². The zero-order chi connectivity index (χ0) is 22.2. The highest BCUT2D eigenvalue weighted by Gasteiger charge is 2.27. The van der Waals surface area contributed by atoms with E-state index in [9.17, 15) is 17.2 Å². The molecule has 1 aliphatic heterocycles. The van der Waals surface area contributed by atoms with Crippen LogP contribution in [-0.2, 0) is 14.8 Å². The van der Waals surface area contributed by atoms with Crippen molar-refractivity contribution in [1.29, 1.82) is 0 Å². The van der Waals surface area contributed by atoms with Gasteiger partial charge >= 0.3 is 0 Å². The lowest BCUT2D eigenvalue weighted by Gasteiger charge is -2.37. The van der Waals surface area contributed by atoms with E-state index in [1.165, 1.54) is 29.2 Å². The van der Waals surface area contributed by atoms with Gasteiger partial charge in [-0.25, -0.2) is 41.4 Å². The van der Waals surface area contributed by atoms with Crippen molar-refractivity contribution < 1.29 is 21.9 Å². The zero-order valence-corrected chi connectivity index (χ0v) is 17.6. The standard InChI is InChI=1S/C18H21F2N7O3S/c1-11-8-26(9-12(30-11)6-24-31(2,28)29)17-5-14(22-10-23-17)15-7-21-16-4-3-13(18(19)20)25-27(15)16/h3-5,7,10-12,18,24H,6,8-9H2,1-2H3/t11-,12+/m0/s1. The van der Waals surface area contributed by atoms with Crippen LogP contribution >= 0.6 is 0 Å². The average Bonchev–Trinajstić information content (AvgIpc) is 3.15. The summed E-state index contributed by atoms with van der Waals surface area (Å²) in [6.07, 6.45) is 0.785. The quantitative estimate of drug-likeness (QED) is 0.594. The maximum atomic E-state index is 13.1. The Hall–Kier alpha value is -2.77. The van der Waals surface area contributed by atoms with Gasteiger partial charge in [-0.15, -0.1) is 0 Å². The molecule has 10 nitrogen and oxygen atoms in total. The minimum absolute atomic E-state index is 0.144. The fourth-order valence-electron chi connectivity index (χ4n) is 3.43. The molecule has 0 aliphatic carbocycles. The van der Waals surface area contributed by atoms with E-state index < -0.39 is 16.4 Å². The van der Waals surface area contributed by atoms with Crippen LogP contribution in [-0.4, -0.2) is 71.1 Å². The van der Waals surface area contributed by atoms with Gasteiger partial charge in [-0.05, 0) is 19.1 Å². The Morgan fingerprint density at radius 3 is 2.81 bits per heavy atom. The van der Waals surface area contributed by atoms with Crippen molar-refractivity contribution in [3.05, 3.63) is 36.4 Å². The van der Waals surface area contributed by atoms with Crippen molar-refractivity contribution in [1.82, 2.24) is 29.3 Å². The molecule has 1 saturated heterocycles. The van der Waals surface area contributed by atoms with Crippen molar-refractivity contribution >= 4 is 21.5 Å². The van der Waals surface area contributed by atoms with Gasteiger partial charge in [-0.1, -0.05) is 0 Å². The van der Waals surface area contributed by atoms with E-state index in [1.807, 2.05) is 11.8 Å². The van der Waals surface area contributed by atoms with Crippen LogP contribution < -0.4 is 9.62 Å². The number of ether oxygens (including phenoxy) is 1. The predicted octanol–water partition coefficient (Wildman–Crippen LogP) is 1.27. The van der Waals surface area contributed by atoms with Gasteiger partial charge in [-0.2, -0.15) is 5.10 Å². The number of anilines is 1. The highest BCUT2D eigenvalue weighted by molar-refractivity contribution is 7.88. The third-order valence-corrected chi connectivity index (χ3v) is 5.44. The number of hydrogen-bond donors (Lipinski definition) is 1. The fourth-order valence-corrected chi connectivity index (χ4v) is 3.92. The summed E-state index contributed by atoms with van der Waals surface area (Å²) < 4.78 is 58.5. The lowest BCUT2D eigenvalue weighted by atomic mass is 10.2. The lowest BCUT2D eigenvalue weighted by molar-refractivity contribution is -0.0124. The average molecular weight is 453 g/mol. The first-order valence-corrected chi connectivity index (χ1v) is 11.4. The summed E-state index contributed by atoms with van der Waals surface area (Å²) in [5.74, 6) is 0.601. The van der Waals surface area contributed by atoms with Gasteiger partial charge in [0.05, 0.1) is 30.4 Å². The monoisotopic (exact) mass is 453 g/mol. The van der Waals surface area contributed by atoms with Crippen LogP contribution in [0.4, 0.5) is 14.6 Å². The van der Waals surface area contributed by atoms with Crippen LogP contribution in [0.3, 0.4) is 0 Å². The summed E-state index contributed by atoms with van der Waals surface area (Å²) in [6, 6.07) is 4.43. The molecule has 13 heteroatoms. The molecule has 0 radical (unpaired) electrons. The highest BCUT2D eigenvalue weighted by atomic mass is 32.2. The maximum Gasteiger partial charge on any atom is 0.282 e. The van der Waals surface area contributed by atoms with E-state index in [4.69, 9.17) is 4.74 Å². The number of fused-ring (bicyclic) bond motifs is 1. The lowest BCUT2D eigenvalue weighted by Crippen LogP contribution is -2.51. The molecule has 0 amide bonds. The highest BCUT2D eigenvalue weighted by Crippen LogP contribution is 2.25. The largest absolute Gasteiger partial charge is 0.370 e. The van der Waals surface area contributed by atoms with Crippen LogP contribution in [0.15, 0.2) is 30.7 Å². The number of rotatable bonds is 6. The molecule has 1 aliphatic rings. The Bertz CT molecular complexity index is 1190. The van der Waals surface area contributed by atoms with Crippen molar-refractivity contribution in [3.8, 4) is 11.4 Å². The number of imidazole rings is 1. The maximum absolute atomic E-state index is 13.1. The number of halogens is 2. The molecule has 4 rings (SSSR count). The SMILES string of the molecule is C[C@H]1CN(c2cc(-c3cnc4ccc(C(F)F)nn34)ncn2)C[C@@H](CNS(C)(=O)=O)O1. The van der Waals surface area contributed by atoms with E-state index in [0.717, 1.165) is 6.26 Å². The van der Waals surface area contributed by atoms with Crippen LogP contribution in [0.1, 0.15) is 19.0 Å². The van der Waals surface area contributed by atoms with E-state index in [0.29, 0.717) is 35.9 Å². The summed E-state index contributed by atoms with van der Waals surface area (Å²) in [4.78, 5) is 14.8. The molecular weight excluding hydrogens is 432 g/mol. The molecule has 3 aromatic heterocycles. The molecule has 1 fully saturated rings. The second kappa shape index (κ2) is 8.40. The normalized spacial score (nSPS) is 20.0. The van der Waals surface area contributed by atoms with E-state index in [2.05, 4.69) is 24.8 Å². The van der Waals surface area contributed by atoms with E-state index in [1.54, 1.807) is 6.07 Å². The van der Waals surface area contributed by atoms with Crippen molar-refractivity contribution in [2.45, 2.75) is 25.6 Å². The number of sulfonamides is 1. The summed E-state index contributed by atoms with van der Waals surface area (Å²) in [7, 11) is -3.33. The molecule has 166 valence electrons. The molecule has 0 spiro atoms. The molecule has 0 bridgehead atoms. The Balaban J connectivity index is 1.61.